The molecule has 11 rings (SSSR count). The summed E-state index contributed by atoms with van der Waals surface area (Å²) in [5.74, 6) is 0. The van der Waals surface area contributed by atoms with Gasteiger partial charge in [0.2, 0.25) is 0 Å². The minimum absolute atomic E-state index is 0.0890. The lowest BCUT2D eigenvalue weighted by Gasteiger charge is -2.27. The first-order chi connectivity index (χ1) is 26.1. The third-order valence-corrected chi connectivity index (χ3v) is 12.8. The van der Waals surface area contributed by atoms with Crippen LogP contribution < -0.4 is 4.90 Å². The molecule has 0 saturated carbocycles. The molecule has 2 aliphatic rings. The van der Waals surface area contributed by atoms with Crippen LogP contribution in [-0.2, 0) is 10.8 Å². The molecule has 0 aliphatic heterocycles. The fourth-order valence-electron chi connectivity index (χ4n) is 9.72. The number of benzene rings is 9. The molecule has 0 saturated heterocycles. The van der Waals surface area contributed by atoms with Crippen molar-refractivity contribution in [3.8, 4) is 22.3 Å². The summed E-state index contributed by atoms with van der Waals surface area (Å²) < 4.78 is 0. The van der Waals surface area contributed by atoms with Gasteiger partial charge in [0.15, 0.2) is 0 Å². The van der Waals surface area contributed by atoms with E-state index in [-0.39, 0.29) is 10.8 Å². The van der Waals surface area contributed by atoms with Gasteiger partial charge in [-0.2, -0.15) is 0 Å². The number of nitrogens with zero attached hydrogens (tertiary/aromatic N) is 1. The van der Waals surface area contributed by atoms with Gasteiger partial charge in [-0.1, -0.05) is 106 Å². The Morgan fingerprint density at radius 2 is 0.630 bits per heavy atom. The standard InChI is InChI=1S/C53H41N/c1-32-14-18-41(19-15-32)54(42-20-16-37-26-46-44-24-33-10-6-8-12-35(33)28-48(44)52(2,3)50(46)30-39(37)22-42)43-21-17-38-27-47-45-25-34-11-7-9-13-36(34)29-49(45)53(4,5)51(47)31-40(38)23-43/h6-31H,1-5H3. The van der Waals surface area contributed by atoms with Crippen LogP contribution in [0.1, 0.15) is 55.5 Å². The molecule has 1 heteroatoms. The zero-order valence-electron chi connectivity index (χ0n) is 31.5. The first-order valence-electron chi connectivity index (χ1n) is 19.2. The second kappa shape index (κ2) is 10.9. The minimum atomic E-state index is -0.0890. The molecular weight excluding hydrogens is 651 g/mol. The summed E-state index contributed by atoms with van der Waals surface area (Å²) in [5.41, 5.74) is 15.6. The number of rotatable bonds is 3. The van der Waals surface area contributed by atoms with Crippen molar-refractivity contribution in [2.24, 2.45) is 0 Å². The maximum absolute atomic E-state index is 2.46. The van der Waals surface area contributed by atoms with E-state index >= 15 is 0 Å². The van der Waals surface area contributed by atoms with Crippen LogP contribution in [0.5, 0.6) is 0 Å². The van der Waals surface area contributed by atoms with Gasteiger partial charge in [-0.3, -0.25) is 0 Å². The Bertz CT molecular complexity index is 2860. The molecule has 0 atom stereocenters. The largest absolute Gasteiger partial charge is 0.310 e. The summed E-state index contributed by atoms with van der Waals surface area (Å²) >= 11 is 0. The molecule has 0 fully saturated rings. The van der Waals surface area contributed by atoms with Gasteiger partial charge in [0.05, 0.1) is 0 Å². The molecule has 54 heavy (non-hydrogen) atoms. The highest BCUT2D eigenvalue weighted by molar-refractivity contribution is 6.02. The maximum Gasteiger partial charge on any atom is 0.0468 e. The van der Waals surface area contributed by atoms with E-state index in [0.29, 0.717) is 0 Å². The predicted octanol–water partition coefficient (Wildman–Crippen LogP) is 14.7. The Hall–Kier alpha value is -6.18. The lowest BCUT2D eigenvalue weighted by Crippen LogP contribution is -2.15. The summed E-state index contributed by atoms with van der Waals surface area (Å²) in [7, 11) is 0. The molecule has 0 N–H and O–H groups in total. The smallest absolute Gasteiger partial charge is 0.0468 e. The Labute approximate surface area is 317 Å². The highest BCUT2D eigenvalue weighted by Gasteiger charge is 2.37. The molecule has 9 aromatic carbocycles. The van der Waals surface area contributed by atoms with Crippen LogP contribution in [0.25, 0.3) is 65.3 Å². The van der Waals surface area contributed by atoms with Crippen LogP contribution in [0.2, 0.25) is 0 Å². The van der Waals surface area contributed by atoms with Crippen molar-refractivity contribution in [3.63, 3.8) is 0 Å². The molecular formula is C53H41N. The molecule has 2 aliphatic carbocycles. The lowest BCUT2D eigenvalue weighted by molar-refractivity contribution is 0.662. The second-order valence-corrected chi connectivity index (χ2v) is 16.8. The van der Waals surface area contributed by atoms with E-state index in [9.17, 15) is 0 Å². The van der Waals surface area contributed by atoms with E-state index in [2.05, 4.69) is 197 Å². The van der Waals surface area contributed by atoms with Crippen LogP contribution in [0, 0.1) is 6.92 Å². The monoisotopic (exact) mass is 691 g/mol. The van der Waals surface area contributed by atoms with Crippen molar-refractivity contribution < 1.29 is 0 Å². The van der Waals surface area contributed by atoms with E-state index in [0.717, 1.165) is 17.1 Å². The fourth-order valence-corrected chi connectivity index (χ4v) is 9.72. The van der Waals surface area contributed by atoms with Crippen LogP contribution in [-0.4, -0.2) is 0 Å². The number of anilines is 3. The number of fused-ring (bicyclic) bond motifs is 10. The summed E-state index contributed by atoms with van der Waals surface area (Å²) in [5, 5.41) is 10.3. The van der Waals surface area contributed by atoms with Gasteiger partial charge < -0.3 is 4.90 Å². The quantitative estimate of drug-likeness (QED) is 0.178. The Morgan fingerprint density at radius 1 is 0.315 bits per heavy atom. The SMILES string of the molecule is Cc1ccc(N(c2ccc3cc4c(cc3c2)C(C)(C)c2cc3ccccc3cc2-4)c2ccc3cc4c(cc3c2)C(C)(C)c2cc3ccccc3cc2-4)cc1. The van der Waals surface area contributed by atoms with E-state index in [4.69, 9.17) is 0 Å². The molecule has 9 aromatic rings. The zero-order valence-corrected chi connectivity index (χ0v) is 31.5. The van der Waals surface area contributed by atoms with Crippen LogP contribution in [0.3, 0.4) is 0 Å². The number of aryl methyl sites for hydroxylation is 1. The lowest BCUT2D eigenvalue weighted by atomic mass is 9.81. The first kappa shape index (κ1) is 31.4. The molecule has 0 radical (unpaired) electrons. The maximum atomic E-state index is 2.46. The molecule has 0 heterocycles. The van der Waals surface area contributed by atoms with Gasteiger partial charge in [0.1, 0.15) is 0 Å². The van der Waals surface area contributed by atoms with Crippen LogP contribution in [0.15, 0.2) is 158 Å². The summed E-state index contributed by atoms with van der Waals surface area (Å²) in [6, 6.07) is 59.8. The van der Waals surface area contributed by atoms with E-state index in [1.54, 1.807) is 0 Å². The summed E-state index contributed by atoms with van der Waals surface area (Å²) in [4.78, 5) is 2.43. The van der Waals surface area contributed by atoms with Crippen molar-refractivity contribution in [3.05, 3.63) is 186 Å². The summed E-state index contributed by atoms with van der Waals surface area (Å²) in [6.07, 6.45) is 0. The topological polar surface area (TPSA) is 3.24 Å². The molecule has 0 amide bonds. The van der Waals surface area contributed by atoms with E-state index in [1.165, 1.54) is 93.2 Å². The average molecular weight is 692 g/mol. The molecule has 0 spiro atoms. The van der Waals surface area contributed by atoms with Crippen LogP contribution >= 0.6 is 0 Å². The van der Waals surface area contributed by atoms with Gasteiger partial charge in [-0.15, -0.1) is 0 Å². The Morgan fingerprint density at radius 3 is 1.02 bits per heavy atom. The Kier molecular flexibility index (Phi) is 6.35. The normalized spacial score (nSPS) is 14.7. The van der Waals surface area contributed by atoms with Crippen molar-refractivity contribution in [2.45, 2.75) is 45.4 Å². The van der Waals surface area contributed by atoms with Crippen molar-refractivity contribution >= 4 is 60.2 Å². The van der Waals surface area contributed by atoms with Crippen molar-refractivity contribution in [1.29, 1.82) is 0 Å². The van der Waals surface area contributed by atoms with Gasteiger partial charge in [-0.25, -0.2) is 0 Å². The van der Waals surface area contributed by atoms with Gasteiger partial charge in [0.25, 0.3) is 0 Å². The highest BCUT2D eigenvalue weighted by atomic mass is 15.1. The van der Waals surface area contributed by atoms with Gasteiger partial charge in [-0.05, 0) is 179 Å². The Balaban J connectivity index is 1.05. The third kappa shape index (κ3) is 4.45. The molecule has 258 valence electrons. The van der Waals surface area contributed by atoms with E-state index < -0.39 is 0 Å². The second-order valence-electron chi connectivity index (χ2n) is 16.8. The van der Waals surface area contributed by atoms with Gasteiger partial charge >= 0.3 is 0 Å². The molecule has 0 unspecified atom stereocenters. The molecule has 0 bridgehead atoms. The molecule has 1 nitrogen and oxygen atoms in total. The fraction of sp³-hybridized carbons (Fsp3) is 0.132. The number of hydrogen-bond donors (Lipinski definition) is 0. The van der Waals surface area contributed by atoms with Gasteiger partial charge in [0, 0.05) is 27.9 Å². The minimum Gasteiger partial charge on any atom is -0.310 e. The third-order valence-electron chi connectivity index (χ3n) is 12.8. The summed E-state index contributed by atoms with van der Waals surface area (Å²) in [6.45, 7) is 11.7. The highest BCUT2D eigenvalue weighted by Crippen LogP contribution is 2.53. The molecule has 0 aromatic heterocycles. The van der Waals surface area contributed by atoms with Crippen LogP contribution in [0.4, 0.5) is 17.1 Å². The zero-order chi connectivity index (χ0) is 36.5. The first-order valence-corrected chi connectivity index (χ1v) is 19.2. The average Bonchev–Trinajstić information content (AvgIpc) is 3.52. The predicted molar refractivity (Wildman–Crippen MR) is 231 cm³/mol. The van der Waals surface area contributed by atoms with E-state index in [1.807, 2.05) is 0 Å². The van der Waals surface area contributed by atoms with Crippen molar-refractivity contribution in [2.75, 3.05) is 4.90 Å². The van der Waals surface area contributed by atoms with Crippen molar-refractivity contribution in [1.82, 2.24) is 0 Å². The number of hydrogen-bond acceptors (Lipinski definition) is 1.